The van der Waals surface area contributed by atoms with Gasteiger partial charge in [-0.3, -0.25) is 0 Å². The Morgan fingerprint density at radius 1 is 1.41 bits per heavy atom. The number of benzene rings is 1. The number of nitrogens with zero attached hydrogens (tertiary/aromatic N) is 1. The minimum Gasteiger partial charge on any atom is -0.505 e. The molecule has 2 aliphatic rings. The van der Waals surface area contributed by atoms with Gasteiger partial charge >= 0.3 is 5.97 Å². The lowest BCUT2D eigenvalue weighted by Crippen LogP contribution is -2.13. The van der Waals surface area contributed by atoms with Gasteiger partial charge < -0.3 is 19.3 Å². The third-order valence-electron chi connectivity index (χ3n) is 3.31. The highest BCUT2D eigenvalue weighted by molar-refractivity contribution is 6.22. The molecule has 3 rings (SSSR count). The zero-order valence-corrected chi connectivity index (χ0v) is 12.3. The van der Waals surface area contributed by atoms with Crippen LogP contribution in [0.5, 0.6) is 11.5 Å². The summed E-state index contributed by atoms with van der Waals surface area (Å²) in [4.78, 5) is 16.1. The van der Waals surface area contributed by atoms with Gasteiger partial charge in [0.15, 0.2) is 17.3 Å². The Balaban J connectivity index is 1.94. The summed E-state index contributed by atoms with van der Waals surface area (Å²) in [7, 11) is 0. The molecule has 6 heteroatoms. The van der Waals surface area contributed by atoms with Gasteiger partial charge in [0.05, 0.1) is 12.3 Å². The Bertz CT molecular complexity index is 730. The molecule has 114 valence electrons. The van der Waals surface area contributed by atoms with E-state index < -0.39 is 5.97 Å². The van der Waals surface area contributed by atoms with Crippen molar-refractivity contribution in [3.05, 3.63) is 40.8 Å². The first-order valence-corrected chi connectivity index (χ1v) is 6.88. The molecular weight excluding hydrogens is 286 g/mol. The molecule has 0 saturated heterocycles. The molecule has 1 N–H and O–H groups in total. The molecule has 1 aromatic carbocycles. The number of hydrogen-bond acceptors (Lipinski definition) is 6. The number of carbonyl (C=O) groups excluding carboxylic acids is 1. The number of fused-ring (bicyclic) bond motifs is 1. The Morgan fingerprint density at radius 2 is 2.18 bits per heavy atom. The van der Waals surface area contributed by atoms with Crippen LogP contribution in [-0.4, -0.2) is 30.2 Å². The zero-order chi connectivity index (χ0) is 15.7. The number of aliphatic hydroxyl groups is 1. The number of aliphatic hydroxyl groups excluding tert-OH is 1. The first-order valence-electron chi connectivity index (χ1n) is 6.88. The Labute approximate surface area is 127 Å². The average molecular weight is 301 g/mol. The molecule has 0 bridgehead atoms. The second kappa shape index (κ2) is 5.55. The smallest absolute Gasteiger partial charge is 0.343 e. The lowest BCUT2D eigenvalue weighted by molar-refractivity contribution is -0.138. The summed E-state index contributed by atoms with van der Waals surface area (Å²) in [5.41, 5.74) is 1.64. The van der Waals surface area contributed by atoms with E-state index in [0.29, 0.717) is 22.9 Å². The van der Waals surface area contributed by atoms with Gasteiger partial charge in [-0.15, -0.1) is 0 Å². The minimum atomic E-state index is -0.574. The summed E-state index contributed by atoms with van der Waals surface area (Å²) in [6.45, 7) is 3.80. The maximum Gasteiger partial charge on any atom is 0.343 e. The summed E-state index contributed by atoms with van der Waals surface area (Å²) < 4.78 is 15.5. The Morgan fingerprint density at radius 3 is 2.95 bits per heavy atom. The van der Waals surface area contributed by atoms with Crippen LogP contribution in [0.25, 0.3) is 6.08 Å². The second-order valence-corrected chi connectivity index (χ2v) is 4.78. The third-order valence-corrected chi connectivity index (χ3v) is 3.31. The van der Waals surface area contributed by atoms with Crippen molar-refractivity contribution in [2.45, 2.75) is 13.8 Å². The zero-order valence-electron chi connectivity index (χ0n) is 12.3. The summed E-state index contributed by atoms with van der Waals surface area (Å²) in [5, 5.41) is 10.2. The van der Waals surface area contributed by atoms with E-state index in [1.807, 2.05) is 6.07 Å². The van der Waals surface area contributed by atoms with Crippen molar-refractivity contribution < 1.29 is 24.1 Å². The van der Waals surface area contributed by atoms with Gasteiger partial charge in [0.25, 0.3) is 0 Å². The van der Waals surface area contributed by atoms with Crippen molar-refractivity contribution in [3.63, 3.8) is 0 Å². The van der Waals surface area contributed by atoms with Crippen LogP contribution in [0.2, 0.25) is 0 Å². The highest BCUT2D eigenvalue weighted by Crippen LogP contribution is 2.34. The molecule has 2 aliphatic heterocycles. The fourth-order valence-electron chi connectivity index (χ4n) is 2.30. The van der Waals surface area contributed by atoms with E-state index in [0.717, 1.165) is 5.56 Å². The lowest BCUT2D eigenvalue weighted by atomic mass is 10.1. The van der Waals surface area contributed by atoms with E-state index in [1.54, 1.807) is 32.1 Å². The highest BCUT2D eigenvalue weighted by Gasteiger charge is 2.27. The second-order valence-electron chi connectivity index (χ2n) is 4.78. The number of carbonyl (C=O) groups is 1. The van der Waals surface area contributed by atoms with Crippen LogP contribution < -0.4 is 9.47 Å². The predicted octanol–water partition coefficient (Wildman–Crippen LogP) is 2.61. The van der Waals surface area contributed by atoms with Crippen molar-refractivity contribution in [1.29, 1.82) is 0 Å². The molecule has 0 aliphatic carbocycles. The van der Waals surface area contributed by atoms with E-state index in [-0.39, 0.29) is 24.7 Å². The fourth-order valence-corrected chi connectivity index (χ4v) is 2.30. The van der Waals surface area contributed by atoms with Crippen LogP contribution in [0.15, 0.2) is 40.2 Å². The van der Waals surface area contributed by atoms with Crippen LogP contribution in [0.4, 0.5) is 0 Å². The van der Waals surface area contributed by atoms with Gasteiger partial charge in [-0.1, -0.05) is 6.07 Å². The summed E-state index contributed by atoms with van der Waals surface area (Å²) in [5.74, 6) is 0.575. The first-order chi connectivity index (χ1) is 10.6. The lowest BCUT2D eigenvalue weighted by Gasteiger charge is -2.03. The van der Waals surface area contributed by atoms with Crippen molar-refractivity contribution in [3.8, 4) is 11.5 Å². The number of aliphatic imine (C=N–C) groups is 1. The van der Waals surface area contributed by atoms with E-state index in [4.69, 9.17) is 14.2 Å². The van der Waals surface area contributed by atoms with Crippen molar-refractivity contribution in [2.24, 2.45) is 4.99 Å². The number of hydrogen-bond donors (Lipinski definition) is 1. The van der Waals surface area contributed by atoms with Crippen LogP contribution in [0.3, 0.4) is 0 Å². The molecule has 2 heterocycles. The Kier molecular flexibility index (Phi) is 3.58. The maximum atomic E-state index is 11.8. The minimum absolute atomic E-state index is 0.105. The van der Waals surface area contributed by atoms with Gasteiger partial charge in [0, 0.05) is 0 Å². The molecule has 0 saturated carbocycles. The normalized spacial score (nSPS) is 17.9. The average Bonchev–Trinajstić information content (AvgIpc) is 3.04. The van der Waals surface area contributed by atoms with Gasteiger partial charge in [-0.2, -0.15) is 0 Å². The molecule has 6 nitrogen and oxygen atoms in total. The third kappa shape index (κ3) is 2.43. The molecular formula is C16H15NO5. The predicted molar refractivity (Wildman–Crippen MR) is 79.9 cm³/mol. The maximum absolute atomic E-state index is 11.8. The molecule has 0 spiro atoms. The van der Waals surface area contributed by atoms with Crippen LogP contribution >= 0.6 is 0 Å². The molecule has 0 amide bonds. The summed E-state index contributed by atoms with van der Waals surface area (Å²) >= 11 is 0. The van der Waals surface area contributed by atoms with Crippen LogP contribution in [0.1, 0.15) is 19.4 Å². The number of esters is 1. The molecule has 0 radical (unpaired) electrons. The highest BCUT2D eigenvalue weighted by atomic mass is 16.7. The Hall–Kier alpha value is -2.76. The van der Waals surface area contributed by atoms with Crippen LogP contribution in [-0.2, 0) is 9.53 Å². The molecule has 0 fully saturated rings. The summed E-state index contributed by atoms with van der Waals surface area (Å²) in [6.07, 6.45) is 1.67. The van der Waals surface area contributed by atoms with Gasteiger partial charge in [0.1, 0.15) is 11.3 Å². The first kappa shape index (κ1) is 14.2. The van der Waals surface area contributed by atoms with Crippen molar-refractivity contribution in [1.82, 2.24) is 0 Å². The largest absolute Gasteiger partial charge is 0.505 e. The molecule has 0 atom stereocenters. The fraction of sp³-hybridized carbons (Fsp3) is 0.250. The quantitative estimate of drug-likeness (QED) is 0.868. The van der Waals surface area contributed by atoms with E-state index in [1.165, 1.54) is 0 Å². The van der Waals surface area contributed by atoms with E-state index >= 15 is 0 Å². The van der Waals surface area contributed by atoms with Gasteiger partial charge in [0.2, 0.25) is 6.79 Å². The van der Waals surface area contributed by atoms with Crippen LogP contribution in [0, 0.1) is 0 Å². The molecule has 1 aromatic rings. The topological polar surface area (TPSA) is 77.4 Å². The molecule has 22 heavy (non-hydrogen) atoms. The number of rotatable bonds is 3. The summed E-state index contributed by atoms with van der Waals surface area (Å²) in [6, 6.07) is 5.39. The SMILES string of the molecule is CCOC(=O)C1=C(O)C(=Cc2ccc3c(c2)OCO3)N=C1C. The molecule has 0 unspecified atom stereocenters. The number of ether oxygens (including phenoxy) is 3. The van der Waals surface area contributed by atoms with Gasteiger partial charge in [-0.05, 0) is 37.6 Å². The standard InChI is InChI=1S/C16H15NO5/c1-3-20-16(19)14-9(2)17-11(15(14)18)6-10-4-5-12-13(7-10)22-8-21-12/h4-7,18H,3,8H2,1-2H3. The van der Waals surface area contributed by atoms with E-state index in [2.05, 4.69) is 4.99 Å². The van der Waals surface area contributed by atoms with Crippen molar-refractivity contribution in [2.75, 3.05) is 13.4 Å². The molecule has 0 aromatic heterocycles. The van der Waals surface area contributed by atoms with Gasteiger partial charge in [-0.25, -0.2) is 9.79 Å². The monoisotopic (exact) mass is 301 g/mol. The van der Waals surface area contributed by atoms with E-state index in [9.17, 15) is 9.90 Å². The van der Waals surface area contributed by atoms with Crippen molar-refractivity contribution >= 4 is 17.8 Å².